The number of piperazine rings is 1. The van der Waals surface area contributed by atoms with E-state index in [-0.39, 0.29) is 12.0 Å². The minimum Gasteiger partial charge on any atom is -0.468 e. The second-order valence-corrected chi connectivity index (χ2v) is 4.05. The summed E-state index contributed by atoms with van der Waals surface area (Å²) >= 11 is 0. The lowest BCUT2D eigenvalue weighted by Gasteiger charge is -2.40. The fourth-order valence-corrected chi connectivity index (χ4v) is 1.90. The molecule has 0 aromatic rings. The highest BCUT2D eigenvalue weighted by molar-refractivity contribution is 5.75. The predicted octanol–water partition coefficient (Wildman–Crippen LogP) is 0.230. The smallest absolute Gasteiger partial charge is 0.322 e. The molecule has 1 saturated heterocycles. The van der Waals surface area contributed by atoms with Gasteiger partial charge in [0.1, 0.15) is 6.04 Å². The Balaban J connectivity index is 2.59. The monoisotopic (exact) mass is 200 g/mol. The summed E-state index contributed by atoms with van der Waals surface area (Å²) in [5, 5.41) is 3.38. The molecule has 0 saturated carbocycles. The van der Waals surface area contributed by atoms with Gasteiger partial charge in [-0.3, -0.25) is 9.69 Å². The summed E-state index contributed by atoms with van der Waals surface area (Å²) < 4.78 is 4.75. The Morgan fingerprint density at radius 3 is 2.79 bits per heavy atom. The van der Waals surface area contributed by atoms with Crippen molar-refractivity contribution < 1.29 is 9.53 Å². The summed E-state index contributed by atoms with van der Waals surface area (Å²) in [5.41, 5.74) is 0. The van der Waals surface area contributed by atoms with Crippen molar-refractivity contribution in [2.45, 2.75) is 38.9 Å². The van der Waals surface area contributed by atoms with E-state index in [4.69, 9.17) is 4.74 Å². The Bertz CT molecular complexity index is 208. The van der Waals surface area contributed by atoms with Crippen molar-refractivity contribution in [1.82, 2.24) is 10.2 Å². The second-order valence-electron chi connectivity index (χ2n) is 4.05. The first-order valence-corrected chi connectivity index (χ1v) is 5.13. The van der Waals surface area contributed by atoms with Crippen molar-refractivity contribution in [3.63, 3.8) is 0 Å². The second kappa shape index (κ2) is 4.75. The molecule has 0 aromatic carbocycles. The number of carbonyl (C=O) groups is 1. The van der Waals surface area contributed by atoms with E-state index < -0.39 is 0 Å². The van der Waals surface area contributed by atoms with Crippen LogP contribution in [0.5, 0.6) is 0 Å². The normalized spacial score (nSPS) is 31.1. The molecule has 1 aliphatic rings. The predicted molar refractivity (Wildman–Crippen MR) is 55.1 cm³/mol. The van der Waals surface area contributed by atoms with Gasteiger partial charge in [0.25, 0.3) is 0 Å². The van der Waals surface area contributed by atoms with E-state index in [1.807, 2.05) is 6.92 Å². The Labute approximate surface area is 85.6 Å². The van der Waals surface area contributed by atoms with E-state index in [1.54, 1.807) is 0 Å². The van der Waals surface area contributed by atoms with Gasteiger partial charge in [0.15, 0.2) is 0 Å². The van der Waals surface area contributed by atoms with Gasteiger partial charge in [-0.1, -0.05) is 0 Å². The number of esters is 1. The average molecular weight is 200 g/mol. The summed E-state index contributed by atoms with van der Waals surface area (Å²) in [5.74, 6) is -0.147. The number of hydrogen-bond donors (Lipinski definition) is 1. The van der Waals surface area contributed by atoms with E-state index in [0.29, 0.717) is 12.1 Å². The molecule has 0 aliphatic carbocycles. The number of hydrogen-bond acceptors (Lipinski definition) is 4. The topological polar surface area (TPSA) is 41.6 Å². The molecule has 1 heterocycles. The number of ether oxygens (including phenoxy) is 1. The van der Waals surface area contributed by atoms with Crippen LogP contribution in [0.4, 0.5) is 0 Å². The highest BCUT2D eigenvalue weighted by Gasteiger charge is 2.30. The van der Waals surface area contributed by atoms with Crippen LogP contribution in [0.25, 0.3) is 0 Å². The zero-order valence-corrected chi connectivity index (χ0v) is 9.41. The lowest BCUT2D eigenvalue weighted by Crippen LogP contribution is -2.58. The number of nitrogens with one attached hydrogen (secondary N) is 1. The summed E-state index contributed by atoms with van der Waals surface area (Å²) in [4.78, 5) is 13.6. The summed E-state index contributed by atoms with van der Waals surface area (Å²) in [6.07, 6.45) is 0. The van der Waals surface area contributed by atoms with Gasteiger partial charge in [0.2, 0.25) is 0 Å². The Morgan fingerprint density at radius 1 is 1.57 bits per heavy atom. The van der Waals surface area contributed by atoms with E-state index >= 15 is 0 Å². The van der Waals surface area contributed by atoms with E-state index in [2.05, 4.69) is 24.1 Å². The summed E-state index contributed by atoms with van der Waals surface area (Å²) in [7, 11) is 1.44. The Kier molecular flexibility index (Phi) is 3.89. The van der Waals surface area contributed by atoms with Gasteiger partial charge < -0.3 is 10.1 Å². The van der Waals surface area contributed by atoms with Crippen molar-refractivity contribution in [3.8, 4) is 0 Å². The standard InChI is InChI=1S/C10H20N2O2/c1-7-6-12(8(2)5-11-7)9(3)10(13)14-4/h7-9,11H,5-6H2,1-4H3. The third-order valence-corrected chi connectivity index (χ3v) is 2.85. The molecule has 0 spiro atoms. The maximum Gasteiger partial charge on any atom is 0.322 e. The number of carbonyl (C=O) groups excluding carboxylic acids is 1. The molecule has 0 radical (unpaired) electrons. The molecule has 0 amide bonds. The van der Waals surface area contributed by atoms with E-state index in [0.717, 1.165) is 13.1 Å². The van der Waals surface area contributed by atoms with Crippen LogP contribution in [-0.2, 0) is 9.53 Å². The molecule has 1 aliphatic heterocycles. The van der Waals surface area contributed by atoms with Crippen LogP contribution in [-0.4, -0.2) is 49.2 Å². The van der Waals surface area contributed by atoms with Crippen LogP contribution < -0.4 is 5.32 Å². The molecule has 14 heavy (non-hydrogen) atoms. The lowest BCUT2D eigenvalue weighted by molar-refractivity contribution is -0.147. The van der Waals surface area contributed by atoms with Crippen LogP contribution in [0.1, 0.15) is 20.8 Å². The quantitative estimate of drug-likeness (QED) is 0.648. The van der Waals surface area contributed by atoms with Crippen LogP contribution in [0.15, 0.2) is 0 Å². The summed E-state index contributed by atoms with van der Waals surface area (Å²) in [6, 6.07) is 0.693. The molecule has 4 heteroatoms. The Hall–Kier alpha value is -0.610. The molecule has 82 valence electrons. The SMILES string of the molecule is COC(=O)C(C)N1CC(C)NCC1C. The van der Waals surface area contributed by atoms with Crippen LogP contribution in [0.3, 0.4) is 0 Å². The largest absolute Gasteiger partial charge is 0.468 e. The van der Waals surface area contributed by atoms with Crippen molar-refractivity contribution in [1.29, 1.82) is 0 Å². The van der Waals surface area contributed by atoms with Gasteiger partial charge in [0, 0.05) is 25.2 Å². The molecule has 1 fully saturated rings. The first-order valence-electron chi connectivity index (χ1n) is 5.13. The maximum atomic E-state index is 11.4. The first kappa shape index (κ1) is 11.5. The van der Waals surface area contributed by atoms with Crippen LogP contribution in [0, 0.1) is 0 Å². The van der Waals surface area contributed by atoms with Gasteiger partial charge in [-0.2, -0.15) is 0 Å². The number of nitrogens with zero attached hydrogens (tertiary/aromatic N) is 1. The third-order valence-electron chi connectivity index (χ3n) is 2.85. The zero-order chi connectivity index (χ0) is 10.7. The zero-order valence-electron chi connectivity index (χ0n) is 9.41. The van der Waals surface area contributed by atoms with Gasteiger partial charge >= 0.3 is 5.97 Å². The maximum absolute atomic E-state index is 11.4. The molecule has 3 atom stereocenters. The van der Waals surface area contributed by atoms with Gasteiger partial charge in [0.05, 0.1) is 7.11 Å². The summed E-state index contributed by atoms with van der Waals surface area (Å²) in [6.45, 7) is 7.99. The molecule has 0 bridgehead atoms. The van der Waals surface area contributed by atoms with Gasteiger partial charge in [-0.15, -0.1) is 0 Å². The van der Waals surface area contributed by atoms with Crippen molar-refractivity contribution in [2.24, 2.45) is 0 Å². The molecule has 3 unspecified atom stereocenters. The number of rotatable bonds is 2. The molecule has 0 aromatic heterocycles. The van der Waals surface area contributed by atoms with E-state index in [9.17, 15) is 4.79 Å². The highest BCUT2D eigenvalue weighted by Crippen LogP contribution is 2.11. The average Bonchev–Trinajstić information content (AvgIpc) is 2.19. The molecular weight excluding hydrogens is 180 g/mol. The first-order chi connectivity index (χ1) is 6.56. The highest BCUT2D eigenvalue weighted by atomic mass is 16.5. The van der Waals surface area contributed by atoms with Gasteiger partial charge in [-0.05, 0) is 20.8 Å². The fraction of sp³-hybridized carbons (Fsp3) is 0.900. The fourth-order valence-electron chi connectivity index (χ4n) is 1.90. The van der Waals surface area contributed by atoms with Gasteiger partial charge in [-0.25, -0.2) is 0 Å². The van der Waals surface area contributed by atoms with Crippen molar-refractivity contribution in [2.75, 3.05) is 20.2 Å². The van der Waals surface area contributed by atoms with Crippen LogP contribution >= 0.6 is 0 Å². The Morgan fingerprint density at radius 2 is 2.21 bits per heavy atom. The van der Waals surface area contributed by atoms with Crippen LogP contribution in [0.2, 0.25) is 0 Å². The van der Waals surface area contributed by atoms with Crippen molar-refractivity contribution in [3.05, 3.63) is 0 Å². The number of methoxy groups -OCH3 is 1. The molecule has 1 rings (SSSR count). The molecule has 1 N–H and O–H groups in total. The minimum atomic E-state index is -0.147. The minimum absolute atomic E-state index is 0.139. The third kappa shape index (κ3) is 2.45. The molecular formula is C10H20N2O2. The van der Waals surface area contributed by atoms with Crippen molar-refractivity contribution >= 4 is 5.97 Å². The molecule has 4 nitrogen and oxygen atoms in total. The van der Waals surface area contributed by atoms with E-state index in [1.165, 1.54) is 7.11 Å². The lowest BCUT2D eigenvalue weighted by atomic mass is 10.1.